The van der Waals surface area contributed by atoms with Gasteiger partial charge in [0.2, 0.25) is 0 Å². The molecule has 1 aromatic heterocycles. The molecule has 1 heterocycles. The molecule has 0 unspecified atom stereocenters. The molecule has 3 aromatic rings. The van der Waals surface area contributed by atoms with Gasteiger partial charge in [-0.15, -0.1) is 0 Å². The monoisotopic (exact) mass is 418 g/mol. The van der Waals surface area contributed by atoms with Gasteiger partial charge in [0, 0.05) is 0 Å². The maximum absolute atomic E-state index is 12.3. The van der Waals surface area contributed by atoms with Crippen molar-refractivity contribution in [3.63, 3.8) is 0 Å². The van der Waals surface area contributed by atoms with Crippen molar-refractivity contribution >= 4 is 50.4 Å². The van der Waals surface area contributed by atoms with Crippen LogP contribution in [0.4, 0.5) is 5.13 Å². The molecule has 0 aliphatic rings. The second-order valence-electron chi connectivity index (χ2n) is 5.83. The molecule has 0 saturated carbocycles. The molecule has 3 rings (SSSR count). The van der Waals surface area contributed by atoms with E-state index in [0.717, 1.165) is 10.2 Å². The summed E-state index contributed by atoms with van der Waals surface area (Å²) in [4.78, 5) is 16.7. The highest BCUT2D eigenvalue weighted by Gasteiger charge is 2.14. The molecule has 0 radical (unpaired) electrons. The summed E-state index contributed by atoms with van der Waals surface area (Å²) in [7, 11) is 3.03. The molecule has 0 aliphatic heterocycles. The Kier molecular flexibility index (Phi) is 6.33. The number of ether oxygens (including phenoxy) is 2. The zero-order valence-corrected chi connectivity index (χ0v) is 17.1. The first kappa shape index (κ1) is 19.9. The number of nitrogens with zero attached hydrogens (tertiary/aromatic N) is 2. The third-order valence-electron chi connectivity index (χ3n) is 3.87. The second kappa shape index (κ2) is 8.90. The van der Waals surface area contributed by atoms with Crippen LogP contribution in [0.2, 0.25) is 5.02 Å². The topological polar surface area (TPSA) is 84.8 Å². The van der Waals surface area contributed by atoms with Crippen LogP contribution in [0.3, 0.4) is 0 Å². The number of para-hydroxylation sites is 1. The number of hydrazone groups is 1. The van der Waals surface area contributed by atoms with E-state index in [4.69, 9.17) is 21.1 Å². The van der Waals surface area contributed by atoms with Gasteiger partial charge in [0.05, 0.1) is 35.7 Å². The van der Waals surface area contributed by atoms with Gasteiger partial charge in [-0.1, -0.05) is 35.1 Å². The van der Waals surface area contributed by atoms with Crippen LogP contribution in [0.1, 0.15) is 12.5 Å². The van der Waals surface area contributed by atoms with E-state index in [-0.39, 0.29) is 5.91 Å². The minimum atomic E-state index is -0.508. The molecule has 2 aromatic carbocycles. The van der Waals surface area contributed by atoms with Crippen molar-refractivity contribution in [3.8, 4) is 11.5 Å². The average Bonchev–Trinajstić information content (AvgIpc) is 3.09. The fourth-order valence-corrected chi connectivity index (χ4v) is 3.71. The Bertz CT molecular complexity index is 989. The molecule has 9 heteroatoms. The summed E-state index contributed by atoms with van der Waals surface area (Å²) in [5, 5.41) is 8.14. The third-order valence-corrected chi connectivity index (χ3v) is 5.12. The lowest BCUT2D eigenvalue weighted by molar-refractivity contribution is -0.121. The number of aromatic nitrogens is 1. The summed E-state index contributed by atoms with van der Waals surface area (Å²) >= 11 is 7.65. The first-order valence-corrected chi connectivity index (χ1v) is 9.58. The molecule has 0 bridgehead atoms. The molecule has 2 N–H and O–H groups in total. The fraction of sp³-hybridized carbons (Fsp3) is 0.211. The number of benzene rings is 2. The number of nitrogens with one attached hydrogen (secondary N) is 2. The number of rotatable bonds is 7. The van der Waals surface area contributed by atoms with E-state index in [0.29, 0.717) is 27.2 Å². The Morgan fingerprint density at radius 1 is 1.29 bits per heavy atom. The number of methoxy groups -OCH3 is 2. The summed E-state index contributed by atoms with van der Waals surface area (Å²) in [6.07, 6.45) is 1.48. The number of hydrogen-bond donors (Lipinski definition) is 2. The van der Waals surface area contributed by atoms with E-state index in [1.54, 1.807) is 19.1 Å². The van der Waals surface area contributed by atoms with Crippen molar-refractivity contribution in [2.24, 2.45) is 5.10 Å². The van der Waals surface area contributed by atoms with Gasteiger partial charge in [0.15, 0.2) is 16.6 Å². The number of carbonyl (C=O) groups is 1. The third kappa shape index (κ3) is 4.52. The van der Waals surface area contributed by atoms with Gasteiger partial charge >= 0.3 is 0 Å². The number of anilines is 1. The van der Waals surface area contributed by atoms with Crippen LogP contribution in [0.15, 0.2) is 41.5 Å². The minimum absolute atomic E-state index is 0.290. The Balaban J connectivity index is 1.62. The van der Waals surface area contributed by atoms with Crippen LogP contribution < -0.4 is 20.2 Å². The lowest BCUT2D eigenvalue weighted by Gasteiger charge is -2.11. The van der Waals surface area contributed by atoms with Crippen molar-refractivity contribution in [1.29, 1.82) is 0 Å². The Labute approximate surface area is 171 Å². The maximum atomic E-state index is 12.3. The largest absolute Gasteiger partial charge is 0.493 e. The van der Waals surface area contributed by atoms with E-state index < -0.39 is 6.04 Å². The summed E-state index contributed by atoms with van der Waals surface area (Å²) < 4.78 is 11.5. The highest BCUT2D eigenvalue weighted by molar-refractivity contribution is 7.22. The van der Waals surface area contributed by atoms with Crippen molar-refractivity contribution in [1.82, 2.24) is 10.4 Å². The van der Waals surface area contributed by atoms with E-state index in [1.807, 2.05) is 24.3 Å². The fourth-order valence-electron chi connectivity index (χ4n) is 2.46. The van der Waals surface area contributed by atoms with Crippen LogP contribution in [0.5, 0.6) is 11.5 Å². The molecule has 7 nitrogen and oxygen atoms in total. The lowest BCUT2D eigenvalue weighted by Crippen LogP contribution is -2.34. The number of thiazole rings is 1. The summed E-state index contributed by atoms with van der Waals surface area (Å²) in [6, 6.07) is 10.7. The van der Waals surface area contributed by atoms with Gasteiger partial charge in [-0.2, -0.15) is 5.10 Å². The van der Waals surface area contributed by atoms with Gasteiger partial charge in [-0.3, -0.25) is 4.79 Å². The van der Waals surface area contributed by atoms with Gasteiger partial charge in [0.25, 0.3) is 5.91 Å². The molecule has 1 amide bonds. The number of carbonyl (C=O) groups excluding carboxylic acids is 1. The SMILES string of the molecule is COc1cc(/C=N\NC(=O)[C@@H](C)Nc2nc3ccccc3s2)cc(Cl)c1OC. The van der Waals surface area contributed by atoms with E-state index >= 15 is 0 Å². The first-order chi connectivity index (χ1) is 13.5. The van der Waals surface area contributed by atoms with Gasteiger partial charge < -0.3 is 14.8 Å². The van der Waals surface area contributed by atoms with Crippen molar-refractivity contribution < 1.29 is 14.3 Å². The Hall–Kier alpha value is -2.84. The zero-order valence-electron chi connectivity index (χ0n) is 15.5. The average molecular weight is 419 g/mol. The van der Waals surface area contributed by atoms with Crippen LogP contribution >= 0.6 is 22.9 Å². The van der Waals surface area contributed by atoms with Crippen LogP contribution in [0.25, 0.3) is 10.2 Å². The normalized spacial score (nSPS) is 12.1. The Morgan fingerprint density at radius 2 is 2.07 bits per heavy atom. The maximum Gasteiger partial charge on any atom is 0.262 e. The summed E-state index contributed by atoms with van der Waals surface area (Å²) in [6.45, 7) is 1.74. The van der Waals surface area contributed by atoms with Crippen LogP contribution in [-0.4, -0.2) is 37.4 Å². The van der Waals surface area contributed by atoms with Crippen LogP contribution in [-0.2, 0) is 4.79 Å². The highest BCUT2D eigenvalue weighted by Crippen LogP contribution is 2.35. The molecule has 146 valence electrons. The zero-order chi connectivity index (χ0) is 20.1. The molecule has 28 heavy (non-hydrogen) atoms. The number of fused-ring (bicyclic) bond motifs is 1. The van der Waals surface area contributed by atoms with Gasteiger partial charge in [0.1, 0.15) is 6.04 Å². The summed E-state index contributed by atoms with van der Waals surface area (Å²) in [5.41, 5.74) is 4.06. The highest BCUT2D eigenvalue weighted by atomic mass is 35.5. The number of amides is 1. The quantitative estimate of drug-likeness (QED) is 0.448. The molecular formula is C19H19ClN4O3S. The van der Waals surface area contributed by atoms with Crippen molar-refractivity contribution in [3.05, 3.63) is 47.0 Å². The van der Waals surface area contributed by atoms with E-state index in [9.17, 15) is 4.79 Å². The molecular weight excluding hydrogens is 400 g/mol. The number of halogens is 1. The molecule has 0 fully saturated rings. The molecule has 0 aliphatic carbocycles. The predicted molar refractivity (Wildman–Crippen MR) is 113 cm³/mol. The standard InChI is InChI=1S/C19H19ClN4O3S/c1-11(22-19-23-14-6-4-5-7-16(14)28-19)18(25)24-21-10-12-8-13(20)17(27-3)15(9-12)26-2/h4-11H,1-3H3,(H,22,23)(H,24,25)/b21-10-/t11-/m1/s1. The van der Waals surface area contributed by atoms with Crippen molar-refractivity contribution in [2.45, 2.75) is 13.0 Å². The molecule has 0 saturated heterocycles. The van der Waals surface area contributed by atoms with E-state index in [1.165, 1.54) is 31.8 Å². The molecule has 0 spiro atoms. The van der Waals surface area contributed by atoms with Gasteiger partial charge in [-0.05, 0) is 36.8 Å². The molecule has 1 atom stereocenters. The first-order valence-electron chi connectivity index (χ1n) is 8.38. The predicted octanol–water partition coefficient (Wildman–Crippen LogP) is 3.92. The van der Waals surface area contributed by atoms with Crippen molar-refractivity contribution in [2.75, 3.05) is 19.5 Å². The lowest BCUT2D eigenvalue weighted by atomic mass is 10.2. The van der Waals surface area contributed by atoms with Gasteiger partial charge in [-0.25, -0.2) is 10.4 Å². The van der Waals surface area contributed by atoms with E-state index in [2.05, 4.69) is 20.8 Å². The smallest absolute Gasteiger partial charge is 0.262 e. The second-order valence-corrected chi connectivity index (χ2v) is 7.26. The Morgan fingerprint density at radius 3 is 2.79 bits per heavy atom. The van der Waals surface area contributed by atoms with Crippen LogP contribution in [0, 0.1) is 0 Å². The summed E-state index contributed by atoms with van der Waals surface area (Å²) in [5.74, 6) is 0.634. The number of hydrogen-bond acceptors (Lipinski definition) is 7. The minimum Gasteiger partial charge on any atom is -0.493 e.